The first kappa shape index (κ1) is 18.8. The summed E-state index contributed by atoms with van der Waals surface area (Å²) in [6.45, 7) is 4.82. The maximum atomic E-state index is 11.8. The lowest BCUT2D eigenvalue weighted by atomic mass is 10.1. The lowest BCUT2D eigenvalue weighted by Crippen LogP contribution is -2.31. The summed E-state index contributed by atoms with van der Waals surface area (Å²) < 4.78 is 0. The van der Waals surface area contributed by atoms with Gasteiger partial charge in [-0.1, -0.05) is 58.3 Å². The highest BCUT2D eigenvalue weighted by Gasteiger charge is 2.10. The Morgan fingerprint density at radius 3 is 1.95 bits per heavy atom. The van der Waals surface area contributed by atoms with E-state index in [1.807, 2.05) is 14.0 Å². The number of halogens is 1. The molecule has 1 unspecified atom stereocenters. The molecule has 0 spiro atoms. The number of alkyl halides is 1. The molecule has 0 aliphatic heterocycles. The van der Waals surface area contributed by atoms with Gasteiger partial charge in [0.15, 0.2) is 0 Å². The number of hydrogen-bond acceptors (Lipinski definition) is 1. The summed E-state index contributed by atoms with van der Waals surface area (Å²) in [5.41, 5.74) is 0. The van der Waals surface area contributed by atoms with Crippen LogP contribution in [0.15, 0.2) is 0 Å². The normalized spacial score (nSPS) is 12.4. The Morgan fingerprint density at radius 1 is 1.00 bits per heavy atom. The quantitative estimate of drug-likeness (QED) is 0.366. The molecule has 0 N–H and O–H groups in total. The van der Waals surface area contributed by atoms with Crippen molar-refractivity contribution in [3.63, 3.8) is 0 Å². The van der Waals surface area contributed by atoms with E-state index in [1.165, 1.54) is 51.4 Å². The number of carbonyl (C=O) groups excluding carboxylic acids is 1. The van der Waals surface area contributed by atoms with Crippen molar-refractivity contribution in [2.75, 3.05) is 13.6 Å². The summed E-state index contributed by atoms with van der Waals surface area (Å²) in [4.78, 5) is 13.5. The summed E-state index contributed by atoms with van der Waals surface area (Å²) in [5.74, 6) is 0.232. The summed E-state index contributed by atoms with van der Waals surface area (Å²) in [6.07, 6.45) is 12.3. The van der Waals surface area contributed by atoms with Crippen LogP contribution in [-0.2, 0) is 4.79 Å². The third-order valence-electron chi connectivity index (χ3n) is 3.45. The summed E-state index contributed by atoms with van der Waals surface area (Å²) in [7, 11) is 1.84. The van der Waals surface area contributed by atoms with Crippen molar-refractivity contribution in [1.82, 2.24) is 4.90 Å². The van der Waals surface area contributed by atoms with Gasteiger partial charge in [-0.3, -0.25) is 4.79 Å². The van der Waals surface area contributed by atoms with Gasteiger partial charge in [0.05, 0.1) is 0 Å². The van der Waals surface area contributed by atoms with Gasteiger partial charge in [-0.2, -0.15) is 0 Å². The maximum Gasteiger partial charge on any atom is 0.222 e. The first-order valence-electron chi connectivity index (χ1n) is 7.96. The molecule has 114 valence electrons. The Balaban J connectivity index is 3.32. The van der Waals surface area contributed by atoms with Crippen LogP contribution < -0.4 is 0 Å². The molecule has 0 aliphatic rings. The van der Waals surface area contributed by atoms with E-state index in [0.29, 0.717) is 13.0 Å². The fourth-order valence-electron chi connectivity index (χ4n) is 2.26. The molecule has 3 heteroatoms. The van der Waals surface area contributed by atoms with Crippen molar-refractivity contribution in [3.05, 3.63) is 0 Å². The average Bonchev–Trinajstić information content (AvgIpc) is 2.35. The first-order valence-corrected chi connectivity index (χ1v) is 8.39. The van der Waals surface area contributed by atoms with Crippen molar-refractivity contribution >= 4 is 17.5 Å². The van der Waals surface area contributed by atoms with E-state index < -0.39 is 0 Å². The molecule has 1 atom stereocenters. The van der Waals surface area contributed by atoms with Gasteiger partial charge < -0.3 is 4.90 Å². The van der Waals surface area contributed by atoms with Gasteiger partial charge in [-0.05, 0) is 13.3 Å². The van der Waals surface area contributed by atoms with E-state index in [1.54, 1.807) is 4.90 Å². The monoisotopic (exact) mass is 289 g/mol. The van der Waals surface area contributed by atoms with Gasteiger partial charge in [0.1, 0.15) is 0 Å². The molecule has 0 saturated carbocycles. The second-order valence-electron chi connectivity index (χ2n) is 5.63. The van der Waals surface area contributed by atoms with Crippen LogP contribution in [0.2, 0.25) is 0 Å². The van der Waals surface area contributed by atoms with Crippen molar-refractivity contribution < 1.29 is 4.79 Å². The van der Waals surface area contributed by atoms with Crippen molar-refractivity contribution in [3.8, 4) is 0 Å². The first-order chi connectivity index (χ1) is 9.07. The minimum atomic E-state index is 0.0390. The lowest BCUT2D eigenvalue weighted by molar-refractivity contribution is -0.130. The molecule has 1 amide bonds. The highest BCUT2D eigenvalue weighted by Crippen LogP contribution is 2.11. The SMILES string of the molecule is CCCCCCCCCCCC(=O)N(C)CC(C)Cl. The fraction of sp³-hybridized carbons (Fsp3) is 0.938. The van der Waals surface area contributed by atoms with E-state index in [2.05, 4.69) is 6.92 Å². The molecule has 0 aromatic rings. The second-order valence-corrected chi connectivity index (χ2v) is 6.38. The molecular formula is C16H32ClNO. The Morgan fingerprint density at radius 2 is 1.47 bits per heavy atom. The summed E-state index contributed by atoms with van der Waals surface area (Å²) >= 11 is 5.88. The molecule has 0 heterocycles. The molecule has 0 aromatic heterocycles. The zero-order valence-corrected chi connectivity index (χ0v) is 13.8. The largest absolute Gasteiger partial charge is 0.344 e. The van der Waals surface area contributed by atoms with Crippen LogP contribution >= 0.6 is 11.6 Å². The fourth-order valence-corrected chi connectivity index (χ4v) is 2.46. The third kappa shape index (κ3) is 12.5. The third-order valence-corrected chi connectivity index (χ3v) is 3.58. The van der Waals surface area contributed by atoms with E-state index >= 15 is 0 Å². The summed E-state index contributed by atoms with van der Waals surface area (Å²) in [5, 5.41) is 0.0390. The predicted octanol–water partition coefficient (Wildman–Crippen LogP) is 4.99. The number of unbranched alkanes of at least 4 members (excludes halogenated alkanes) is 8. The van der Waals surface area contributed by atoms with Gasteiger partial charge in [0.25, 0.3) is 0 Å². The van der Waals surface area contributed by atoms with E-state index in [4.69, 9.17) is 11.6 Å². The highest BCUT2D eigenvalue weighted by molar-refractivity contribution is 6.20. The Hall–Kier alpha value is -0.240. The van der Waals surface area contributed by atoms with E-state index in [9.17, 15) is 4.79 Å². The molecular weight excluding hydrogens is 258 g/mol. The molecule has 0 radical (unpaired) electrons. The van der Waals surface area contributed by atoms with Crippen LogP contribution in [0, 0.1) is 0 Å². The number of rotatable bonds is 12. The zero-order chi connectivity index (χ0) is 14.5. The van der Waals surface area contributed by atoms with Crippen molar-refractivity contribution in [1.29, 1.82) is 0 Å². The number of nitrogens with zero attached hydrogens (tertiary/aromatic N) is 1. The van der Waals surface area contributed by atoms with Crippen molar-refractivity contribution in [2.45, 2.75) is 83.4 Å². The van der Waals surface area contributed by atoms with Gasteiger partial charge in [0.2, 0.25) is 5.91 Å². The molecule has 19 heavy (non-hydrogen) atoms. The average molecular weight is 290 g/mol. The molecule has 0 bridgehead atoms. The second kappa shape index (κ2) is 12.8. The predicted molar refractivity (Wildman–Crippen MR) is 84.8 cm³/mol. The number of hydrogen-bond donors (Lipinski definition) is 0. The number of carbonyl (C=O) groups is 1. The van der Waals surface area contributed by atoms with Crippen molar-refractivity contribution in [2.24, 2.45) is 0 Å². The van der Waals surface area contributed by atoms with Gasteiger partial charge in [-0.25, -0.2) is 0 Å². The molecule has 0 saturated heterocycles. The van der Waals surface area contributed by atoms with Crippen LogP contribution in [-0.4, -0.2) is 29.8 Å². The summed E-state index contributed by atoms with van der Waals surface area (Å²) in [6, 6.07) is 0. The van der Waals surface area contributed by atoms with Gasteiger partial charge in [-0.15, -0.1) is 11.6 Å². The molecule has 0 rings (SSSR count). The number of amides is 1. The minimum Gasteiger partial charge on any atom is -0.344 e. The Labute approximate surface area is 124 Å². The zero-order valence-electron chi connectivity index (χ0n) is 13.1. The maximum absolute atomic E-state index is 11.8. The Bertz CT molecular complexity index is 219. The van der Waals surface area contributed by atoms with Gasteiger partial charge >= 0.3 is 0 Å². The smallest absolute Gasteiger partial charge is 0.222 e. The standard InChI is InChI=1S/C16H32ClNO/c1-4-5-6-7-8-9-10-11-12-13-16(19)18(3)14-15(2)17/h15H,4-14H2,1-3H3. The molecule has 2 nitrogen and oxygen atoms in total. The van der Waals surface area contributed by atoms with Crippen LogP contribution in [0.3, 0.4) is 0 Å². The molecule has 0 aliphatic carbocycles. The van der Waals surface area contributed by atoms with E-state index in [0.717, 1.165) is 6.42 Å². The van der Waals surface area contributed by atoms with Crippen LogP contribution in [0.1, 0.15) is 78.1 Å². The van der Waals surface area contributed by atoms with Crippen LogP contribution in [0.25, 0.3) is 0 Å². The minimum absolute atomic E-state index is 0.0390. The topological polar surface area (TPSA) is 20.3 Å². The lowest BCUT2D eigenvalue weighted by Gasteiger charge is -2.18. The van der Waals surface area contributed by atoms with Crippen LogP contribution in [0.5, 0.6) is 0 Å². The Kier molecular flexibility index (Phi) is 12.6. The van der Waals surface area contributed by atoms with Gasteiger partial charge in [0, 0.05) is 25.4 Å². The highest BCUT2D eigenvalue weighted by atomic mass is 35.5. The van der Waals surface area contributed by atoms with Crippen LogP contribution in [0.4, 0.5) is 0 Å². The van der Waals surface area contributed by atoms with E-state index in [-0.39, 0.29) is 11.3 Å². The molecule has 0 aromatic carbocycles. The molecule has 0 fully saturated rings.